The molecule has 0 aliphatic carbocycles. The lowest BCUT2D eigenvalue weighted by Gasteiger charge is -2.07. The summed E-state index contributed by atoms with van der Waals surface area (Å²) in [5.74, 6) is -4.46. The van der Waals surface area contributed by atoms with Crippen molar-refractivity contribution in [1.82, 2.24) is 0 Å². The first-order valence-electron chi connectivity index (χ1n) is 6.32. The highest BCUT2D eigenvalue weighted by Gasteiger charge is 2.18. The molecule has 1 aromatic carbocycles. The fraction of sp³-hybridized carbons (Fsp3) is 0.273. The number of carbonyl (C=O) groups excluding carboxylic acids is 1. The average molecular weight is 280 g/mol. The molecule has 0 radical (unpaired) electrons. The second kappa shape index (κ2) is 6.51. The van der Waals surface area contributed by atoms with E-state index in [9.17, 15) is 9.59 Å². The number of carboxylic acids is 1. The van der Waals surface area contributed by atoms with Crippen LogP contribution >= 0.6 is 25.1 Å². The SMILES string of the molecule is S.[2H]c1c([2H])c(C(=O)C[C@]([2H])(C)C(=O)O)c(N)c([2H])c1Cl. The Kier molecular flexibility index (Phi) is 3.75. The maximum atomic E-state index is 12.0. The van der Waals surface area contributed by atoms with Gasteiger partial charge in [0, 0.05) is 24.1 Å². The Balaban J connectivity index is 0.00000400. The summed E-state index contributed by atoms with van der Waals surface area (Å²) in [7, 11) is 0. The fourth-order valence-electron chi connectivity index (χ4n) is 1.02. The summed E-state index contributed by atoms with van der Waals surface area (Å²) in [6.45, 7) is 1.03. The van der Waals surface area contributed by atoms with Crippen LogP contribution < -0.4 is 5.73 Å². The van der Waals surface area contributed by atoms with Crippen LogP contribution in [0.5, 0.6) is 0 Å². The number of anilines is 1. The standard InChI is InChI=1S/C11H12ClNO3.H2S/c1-6(11(15)16)4-10(14)8-3-2-7(12)5-9(8)13;/h2-3,5-6H,4,13H2,1H3,(H,15,16);1H2/t6-;/m0./s1/i2D,3D,5D,6D;. The van der Waals surface area contributed by atoms with E-state index in [0.29, 0.717) is 0 Å². The van der Waals surface area contributed by atoms with Gasteiger partial charge in [-0.05, 0) is 18.1 Å². The minimum atomic E-state index is -2.08. The molecule has 94 valence electrons. The van der Waals surface area contributed by atoms with E-state index in [1.54, 1.807) is 0 Å². The number of Topliss-reactive ketones (excluding diaryl/α,β-unsaturated/α-hetero) is 1. The van der Waals surface area contributed by atoms with Crippen LogP contribution in [0.3, 0.4) is 0 Å². The van der Waals surface area contributed by atoms with E-state index in [0.717, 1.165) is 6.92 Å². The number of nitrogens with two attached hydrogens (primary N) is 1. The van der Waals surface area contributed by atoms with Crippen LogP contribution in [-0.4, -0.2) is 16.9 Å². The van der Waals surface area contributed by atoms with Crippen molar-refractivity contribution in [3.8, 4) is 0 Å². The first-order chi connectivity index (χ1) is 9.00. The highest BCUT2D eigenvalue weighted by atomic mass is 35.5. The molecule has 17 heavy (non-hydrogen) atoms. The topological polar surface area (TPSA) is 80.4 Å². The van der Waals surface area contributed by atoms with Crippen LogP contribution in [0.2, 0.25) is 5.02 Å². The summed E-state index contributed by atoms with van der Waals surface area (Å²) in [5, 5.41) is 8.46. The molecule has 0 aromatic heterocycles. The zero-order chi connectivity index (χ0) is 15.8. The van der Waals surface area contributed by atoms with Crippen LogP contribution in [-0.2, 0) is 4.79 Å². The lowest BCUT2D eigenvalue weighted by molar-refractivity contribution is -0.141. The van der Waals surface area contributed by atoms with Gasteiger partial charge in [-0.2, -0.15) is 13.5 Å². The number of carbonyl (C=O) groups is 2. The smallest absolute Gasteiger partial charge is 0.306 e. The van der Waals surface area contributed by atoms with Crippen molar-refractivity contribution in [3.05, 3.63) is 28.7 Å². The monoisotopic (exact) mass is 279 g/mol. The molecule has 0 saturated heterocycles. The van der Waals surface area contributed by atoms with Crippen LogP contribution in [0.1, 0.15) is 29.2 Å². The largest absolute Gasteiger partial charge is 0.481 e. The van der Waals surface area contributed by atoms with Crippen molar-refractivity contribution in [1.29, 1.82) is 0 Å². The maximum absolute atomic E-state index is 12.0. The van der Waals surface area contributed by atoms with Gasteiger partial charge in [-0.25, -0.2) is 0 Å². The number of nitrogen functional groups attached to an aromatic ring is 1. The summed E-state index contributed by atoms with van der Waals surface area (Å²) in [5.41, 5.74) is 4.72. The summed E-state index contributed by atoms with van der Waals surface area (Å²) < 4.78 is 30.2. The molecule has 0 amide bonds. The van der Waals surface area contributed by atoms with Gasteiger partial charge >= 0.3 is 5.97 Å². The second-order valence-corrected chi connectivity index (χ2v) is 3.54. The van der Waals surface area contributed by atoms with Crippen LogP contribution in [0.4, 0.5) is 5.69 Å². The number of benzene rings is 1. The van der Waals surface area contributed by atoms with Gasteiger partial charge in [-0.3, -0.25) is 9.59 Å². The van der Waals surface area contributed by atoms with Gasteiger partial charge < -0.3 is 10.8 Å². The Morgan fingerprint density at radius 1 is 1.65 bits per heavy atom. The Labute approximate surface area is 117 Å². The van der Waals surface area contributed by atoms with Crippen molar-refractivity contribution >= 4 is 42.5 Å². The number of ketones is 1. The Morgan fingerprint density at radius 2 is 2.24 bits per heavy atom. The van der Waals surface area contributed by atoms with Crippen LogP contribution in [0.15, 0.2) is 18.1 Å². The normalized spacial score (nSPS) is 16.6. The lowest BCUT2D eigenvalue weighted by Crippen LogP contribution is -2.15. The van der Waals surface area contributed by atoms with E-state index in [1.807, 2.05) is 0 Å². The first-order valence-corrected chi connectivity index (χ1v) is 4.69. The number of aliphatic carboxylic acids is 1. The van der Waals surface area contributed by atoms with Crippen molar-refractivity contribution < 1.29 is 20.2 Å². The molecule has 1 atom stereocenters. The minimum Gasteiger partial charge on any atom is -0.481 e. The zero-order valence-corrected chi connectivity index (χ0v) is 10.7. The Morgan fingerprint density at radius 3 is 2.76 bits per heavy atom. The van der Waals surface area contributed by atoms with E-state index in [-0.39, 0.29) is 24.2 Å². The van der Waals surface area contributed by atoms with Gasteiger partial charge in [0.25, 0.3) is 0 Å². The van der Waals surface area contributed by atoms with Gasteiger partial charge in [-0.1, -0.05) is 18.5 Å². The van der Waals surface area contributed by atoms with Crippen LogP contribution in [0, 0.1) is 5.89 Å². The molecule has 0 saturated carbocycles. The third kappa shape index (κ3) is 4.28. The summed E-state index contributed by atoms with van der Waals surface area (Å²) in [4.78, 5) is 22.9. The zero-order valence-electron chi connectivity index (χ0n) is 12.9. The van der Waals surface area contributed by atoms with Crippen molar-refractivity contribution in [2.45, 2.75) is 13.3 Å². The molecule has 0 fully saturated rings. The van der Waals surface area contributed by atoms with Gasteiger partial charge in [-0.15, -0.1) is 0 Å². The molecule has 0 heterocycles. The van der Waals surface area contributed by atoms with E-state index < -0.39 is 47.8 Å². The average Bonchev–Trinajstić information content (AvgIpc) is 2.33. The maximum Gasteiger partial charge on any atom is 0.306 e. The fourth-order valence-corrected chi connectivity index (χ4v) is 1.17. The molecule has 4 nitrogen and oxygen atoms in total. The number of carboxylic acid groups (broad SMARTS) is 1. The first kappa shape index (κ1) is 9.79. The van der Waals surface area contributed by atoms with Gasteiger partial charge in [0.2, 0.25) is 0 Å². The Hall–Kier alpha value is -1.20. The second-order valence-electron chi connectivity index (χ2n) is 3.16. The third-order valence-electron chi connectivity index (χ3n) is 1.88. The molecule has 6 heteroatoms. The molecule has 0 spiro atoms. The van der Waals surface area contributed by atoms with Crippen molar-refractivity contribution in [2.75, 3.05) is 5.73 Å². The summed E-state index contributed by atoms with van der Waals surface area (Å²) >= 11 is 5.63. The molecular formula is C11H14ClNO3S. The van der Waals surface area contributed by atoms with Gasteiger partial charge in [0.05, 0.1) is 10.0 Å². The lowest BCUT2D eigenvalue weighted by atomic mass is 9.99. The summed E-state index contributed by atoms with van der Waals surface area (Å²) in [6, 6.07) is -1.57. The predicted octanol–water partition coefficient (Wildman–Crippen LogP) is 2.33. The van der Waals surface area contributed by atoms with Gasteiger partial charge in [0.15, 0.2) is 5.78 Å². The Bertz CT molecular complexity index is 581. The number of rotatable bonds is 4. The minimum absolute atomic E-state index is 0. The van der Waals surface area contributed by atoms with E-state index in [1.165, 1.54) is 0 Å². The van der Waals surface area contributed by atoms with Crippen LogP contribution in [0.25, 0.3) is 0 Å². The molecule has 0 bridgehead atoms. The van der Waals surface area contributed by atoms with Crippen molar-refractivity contribution in [2.24, 2.45) is 5.89 Å². The highest BCUT2D eigenvalue weighted by molar-refractivity contribution is 7.59. The third-order valence-corrected chi connectivity index (χ3v) is 2.07. The molecule has 0 aliphatic rings. The highest BCUT2D eigenvalue weighted by Crippen LogP contribution is 2.20. The van der Waals surface area contributed by atoms with Crippen molar-refractivity contribution in [3.63, 3.8) is 0 Å². The number of hydrogen-bond acceptors (Lipinski definition) is 3. The molecule has 1 aromatic rings. The van der Waals surface area contributed by atoms with E-state index in [2.05, 4.69) is 0 Å². The quantitative estimate of drug-likeness (QED) is 0.655. The summed E-state index contributed by atoms with van der Waals surface area (Å²) in [6.07, 6.45) is -0.723. The van der Waals surface area contributed by atoms with E-state index in [4.69, 9.17) is 27.9 Å². The molecule has 0 aliphatic heterocycles. The number of halogens is 1. The van der Waals surface area contributed by atoms with Gasteiger partial charge in [0.1, 0.15) is 0 Å². The predicted molar refractivity (Wildman–Crippen MR) is 72.0 cm³/mol. The molecule has 3 N–H and O–H groups in total. The molecule has 1 rings (SSSR count). The number of hydrogen-bond donors (Lipinski definition) is 2. The molecular weight excluding hydrogens is 262 g/mol. The molecule has 0 unspecified atom stereocenters. The van der Waals surface area contributed by atoms with E-state index >= 15 is 0 Å².